The second kappa shape index (κ2) is 9.37. The number of carbonyl (C=O) groups excluding carboxylic acids is 1. The van der Waals surface area contributed by atoms with Crippen molar-refractivity contribution in [3.05, 3.63) is 59.7 Å². The third kappa shape index (κ3) is 5.28. The van der Waals surface area contributed by atoms with Crippen LogP contribution in [0.25, 0.3) is 6.08 Å². The quantitative estimate of drug-likeness (QED) is 0.750. The lowest BCUT2D eigenvalue weighted by atomic mass is 10.1. The molecule has 1 N–H and O–H groups in total. The van der Waals surface area contributed by atoms with Crippen LogP contribution in [0.3, 0.4) is 0 Å². The average molecular weight is 341 g/mol. The normalized spacial score (nSPS) is 10.5. The van der Waals surface area contributed by atoms with E-state index in [1.165, 1.54) is 11.6 Å². The maximum Gasteiger partial charge on any atom is 0.244 e. The largest absolute Gasteiger partial charge is 0.493 e. The zero-order chi connectivity index (χ0) is 18.1. The molecule has 0 aromatic heterocycles. The summed E-state index contributed by atoms with van der Waals surface area (Å²) in [5.74, 6) is 1.47. The summed E-state index contributed by atoms with van der Waals surface area (Å²) in [4.78, 5) is 12.0. The van der Waals surface area contributed by atoms with Gasteiger partial charge in [0.15, 0.2) is 11.5 Å². The fraction of sp³-hybridized carbons (Fsp3) is 0.250. The van der Waals surface area contributed by atoms with Crippen LogP contribution in [-0.4, -0.2) is 33.8 Å². The number of nitrogens with one attached hydrogen (secondary N) is 1. The number of benzene rings is 2. The van der Waals surface area contributed by atoms with Gasteiger partial charge in [-0.3, -0.25) is 4.79 Å². The van der Waals surface area contributed by atoms with E-state index < -0.39 is 0 Å². The fourth-order valence-electron chi connectivity index (χ4n) is 2.40. The lowest BCUT2D eigenvalue weighted by Crippen LogP contribution is -2.23. The smallest absolute Gasteiger partial charge is 0.244 e. The molecule has 1 amide bonds. The summed E-state index contributed by atoms with van der Waals surface area (Å²) < 4.78 is 15.9. The number of methoxy groups -OCH3 is 3. The van der Waals surface area contributed by atoms with Crippen LogP contribution in [0.15, 0.2) is 48.5 Å². The SMILES string of the molecule is COc1cc(C=CC(=O)NCCc2ccccc2)cc(OC)c1OC. The van der Waals surface area contributed by atoms with Crippen molar-refractivity contribution in [2.24, 2.45) is 0 Å². The maximum atomic E-state index is 12.0. The molecule has 2 aromatic carbocycles. The van der Waals surface area contributed by atoms with E-state index >= 15 is 0 Å². The highest BCUT2D eigenvalue weighted by Crippen LogP contribution is 2.38. The zero-order valence-electron chi connectivity index (χ0n) is 14.7. The monoisotopic (exact) mass is 341 g/mol. The predicted octanol–water partition coefficient (Wildman–Crippen LogP) is 3.08. The van der Waals surface area contributed by atoms with E-state index in [4.69, 9.17) is 14.2 Å². The summed E-state index contributed by atoms with van der Waals surface area (Å²) in [5.41, 5.74) is 1.98. The van der Waals surface area contributed by atoms with Crippen molar-refractivity contribution in [2.45, 2.75) is 6.42 Å². The van der Waals surface area contributed by atoms with E-state index in [-0.39, 0.29) is 5.91 Å². The van der Waals surface area contributed by atoms with Gasteiger partial charge in [-0.25, -0.2) is 0 Å². The minimum atomic E-state index is -0.148. The van der Waals surface area contributed by atoms with Crippen LogP contribution < -0.4 is 19.5 Å². The van der Waals surface area contributed by atoms with E-state index in [2.05, 4.69) is 5.32 Å². The number of amides is 1. The first kappa shape index (κ1) is 18.4. The summed E-state index contributed by atoms with van der Waals surface area (Å²) >= 11 is 0. The van der Waals surface area contributed by atoms with Crippen molar-refractivity contribution >= 4 is 12.0 Å². The van der Waals surface area contributed by atoms with Gasteiger partial charge in [0.05, 0.1) is 21.3 Å². The molecule has 0 radical (unpaired) electrons. The molecule has 0 bridgehead atoms. The Morgan fingerprint density at radius 3 is 2.20 bits per heavy atom. The summed E-state index contributed by atoms with van der Waals surface area (Å²) in [5, 5.41) is 2.87. The van der Waals surface area contributed by atoms with Gasteiger partial charge in [-0.15, -0.1) is 0 Å². The van der Waals surface area contributed by atoms with E-state index in [9.17, 15) is 4.79 Å². The van der Waals surface area contributed by atoms with Crippen molar-refractivity contribution < 1.29 is 19.0 Å². The molecule has 5 nitrogen and oxygen atoms in total. The Balaban J connectivity index is 1.97. The highest BCUT2D eigenvalue weighted by atomic mass is 16.5. The van der Waals surface area contributed by atoms with E-state index in [0.717, 1.165) is 12.0 Å². The molecular formula is C20H23NO4. The third-order valence-electron chi connectivity index (χ3n) is 3.67. The summed E-state index contributed by atoms with van der Waals surface area (Å²) in [7, 11) is 4.66. The first-order valence-corrected chi connectivity index (χ1v) is 7.97. The summed E-state index contributed by atoms with van der Waals surface area (Å²) in [6.45, 7) is 0.586. The Hall–Kier alpha value is -2.95. The molecule has 5 heteroatoms. The summed E-state index contributed by atoms with van der Waals surface area (Å²) in [6.07, 6.45) is 4.00. The van der Waals surface area contributed by atoms with Crippen LogP contribution in [0.1, 0.15) is 11.1 Å². The van der Waals surface area contributed by atoms with Gasteiger partial charge in [0.1, 0.15) is 0 Å². The minimum Gasteiger partial charge on any atom is -0.493 e. The number of hydrogen-bond donors (Lipinski definition) is 1. The zero-order valence-corrected chi connectivity index (χ0v) is 14.7. The van der Waals surface area contributed by atoms with Crippen molar-refractivity contribution in [3.63, 3.8) is 0 Å². The van der Waals surface area contributed by atoms with Crippen molar-refractivity contribution in [1.82, 2.24) is 5.32 Å². The van der Waals surface area contributed by atoms with Crippen LogP contribution in [0, 0.1) is 0 Å². The lowest BCUT2D eigenvalue weighted by molar-refractivity contribution is -0.116. The van der Waals surface area contributed by atoms with Crippen molar-refractivity contribution in [1.29, 1.82) is 0 Å². The van der Waals surface area contributed by atoms with Gasteiger partial charge in [0.25, 0.3) is 0 Å². The van der Waals surface area contributed by atoms with Crippen LogP contribution in [-0.2, 0) is 11.2 Å². The number of carbonyl (C=O) groups is 1. The topological polar surface area (TPSA) is 56.8 Å². The number of rotatable bonds is 8. The molecule has 0 unspecified atom stereocenters. The van der Waals surface area contributed by atoms with E-state index in [1.54, 1.807) is 39.5 Å². The number of ether oxygens (including phenoxy) is 3. The Labute approximate surface area is 148 Å². The highest BCUT2D eigenvalue weighted by Gasteiger charge is 2.12. The average Bonchev–Trinajstić information content (AvgIpc) is 2.66. The number of hydrogen-bond acceptors (Lipinski definition) is 4. The first-order valence-electron chi connectivity index (χ1n) is 7.97. The van der Waals surface area contributed by atoms with Crippen molar-refractivity contribution in [3.8, 4) is 17.2 Å². The molecule has 2 rings (SSSR count). The van der Waals surface area contributed by atoms with Gasteiger partial charge in [-0.1, -0.05) is 30.3 Å². The molecule has 0 atom stereocenters. The molecule has 0 saturated heterocycles. The van der Waals surface area contributed by atoms with Gasteiger partial charge in [-0.05, 0) is 35.8 Å². The maximum absolute atomic E-state index is 12.0. The van der Waals surface area contributed by atoms with E-state index in [1.807, 2.05) is 30.3 Å². The molecule has 0 fully saturated rings. The van der Waals surface area contributed by atoms with Gasteiger partial charge in [0.2, 0.25) is 11.7 Å². The Bertz CT molecular complexity index is 701. The standard InChI is InChI=1S/C20H23NO4/c1-23-17-13-16(14-18(24-2)20(17)25-3)9-10-19(22)21-12-11-15-7-5-4-6-8-15/h4-10,13-14H,11-12H2,1-3H3,(H,21,22). The molecule has 2 aromatic rings. The molecule has 0 aliphatic heterocycles. The third-order valence-corrected chi connectivity index (χ3v) is 3.67. The molecule has 0 saturated carbocycles. The molecule has 0 spiro atoms. The Kier molecular flexibility index (Phi) is 6.89. The molecule has 0 aliphatic rings. The molecule has 132 valence electrons. The van der Waals surface area contributed by atoms with Crippen LogP contribution >= 0.6 is 0 Å². The van der Waals surface area contributed by atoms with Gasteiger partial charge in [-0.2, -0.15) is 0 Å². The summed E-state index contributed by atoms with van der Waals surface area (Å²) in [6, 6.07) is 13.6. The molecule has 25 heavy (non-hydrogen) atoms. The lowest BCUT2D eigenvalue weighted by Gasteiger charge is -2.12. The van der Waals surface area contributed by atoms with Crippen LogP contribution in [0.5, 0.6) is 17.2 Å². The van der Waals surface area contributed by atoms with Gasteiger partial charge >= 0.3 is 0 Å². The van der Waals surface area contributed by atoms with Gasteiger partial charge < -0.3 is 19.5 Å². The second-order valence-corrected chi connectivity index (χ2v) is 5.32. The molecular weight excluding hydrogens is 318 g/mol. The Morgan fingerprint density at radius 1 is 1.00 bits per heavy atom. The fourth-order valence-corrected chi connectivity index (χ4v) is 2.40. The van der Waals surface area contributed by atoms with Crippen molar-refractivity contribution in [2.75, 3.05) is 27.9 Å². The predicted molar refractivity (Wildman–Crippen MR) is 98.3 cm³/mol. The van der Waals surface area contributed by atoms with Crippen LogP contribution in [0.2, 0.25) is 0 Å². The van der Waals surface area contributed by atoms with Crippen LogP contribution in [0.4, 0.5) is 0 Å². The first-order chi connectivity index (χ1) is 12.2. The van der Waals surface area contributed by atoms with E-state index in [0.29, 0.717) is 23.8 Å². The Morgan fingerprint density at radius 2 is 1.64 bits per heavy atom. The molecule has 0 aliphatic carbocycles. The second-order valence-electron chi connectivity index (χ2n) is 5.32. The van der Waals surface area contributed by atoms with Gasteiger partial charge in [0, 0.05) is 12.6 Å². The highest BCUT2D eigenvalue weighted by molar-refractivity contribution is 5.91. The molecule has 0 heterocycles. The minimum absolute atomic E-state index is 0.148.